The van der Waals surface area contributed by atoms with Crippen LogP contribution in [0.4, 0.5) is 0 Å². The Hall–Kier alpha value is -0.0900. The molecule has 0 saturated heterocycles. The Labute approximate surface area is 93.6 Å². The molecule has 0 aromatic rings. The summed E-state index contributed by atoms with van der Waals surface area (Å²) in [5, 5.41) is 3.29. The molecule has 0 amide bonds. The first-order valence-corrected chi connectivity index (χ1v) is 7.39. The Morgan fingerprint density at radius 3 is 2.20 bits per heavy atom. The molecule has 1 fully saturated rings. The van der Waals surface area contributed by atoms with E-state index >= 15 is 0 Å². The molecule has 0 bridgehead atoms. The van der Waals surface area contributed by atoms with Crippen LogP contribution in [-0.4, -0.2) is 31.5 Å². The van der Waals surface area contributed by atoms with E-state index in [0.29, 0.717) is 5.92 Å². The van der Waals surface area contributed by atoms with E-state index in [-0.39, 0.29) is 11.8 Å². The van der Waals surface area contributed by atoms with Gasteiger partial charge in [0.15, 0.2) is 9.84 Å². The first-order chi connectivity index (χ1) is 6.78. The molecule has 15 heavy (non-hydrogen) atoms. The number of nitrogens with one attached hydrogen (secondary N) is 1. The SMILES string of the molecule is CCNC(CS(=O)(=O)C(C)(C)C)C1CC1. The average Bonchev–Trinajstić information content (AvgIpc) is 2.82. The Morgan fingerprint density at radius 1 is 1.33 bits per heavy atom. The van der Waals surface area contributed by atoms with Gasteiger partial charge in [-0.1, -0.05) is 6.92 Å². The molecule has 3 nitrogen and oxygen atoms in total. The van der Waals surface area contributed by atoms with Crippen molar-refractivity contribution >= 4 is 9.84 Å². The standard InChI is InChI=1S/C11H23NO2S/c1-5-12-10(9-6-7-9)8-15(13,14)11(2,3)4/h9-10,12H,5-8H2,1-4H3. The molecule has 0 aliphatic heterocycles. The van der Waals surface area contributed by atoms with Crippen molar-refractivity contribution in [3.8, 4) is 0 Å². The predicted molar refractivity (Wildman–Crippen MR) is 63.7 cm³/mol. The van der Waals surface area contributed by atoms with Gasteiger partial charge in [-0.05, 0) is 46.1 Å². The summed E-state index contributed by atoms with van der Waals surface area (Å²) < 4.78 is 23.4. The van der Waals surface area contributed by atoms with Gasteiger partial charge in [0.25, 0.3) is 0 Å². The second-order valence-electron chi connectivity index (χ2n) is 5.40. The molecule has 1 atom stereocenters. The maximum Gasteiger partial charge on any atom is 0.156 e. The lowest BCUT2D eigenvalue weighted by Crippen LogP contribution is -2.42. The Bertz CT molecular complexity index is 299. The largest absolute Gasteiger partial charge is 0.313 e. The Morgan fingerprint density at radius 2 is 1.87 bits per heavy atom. The molecule has 1 aliphatic carbocycles. The van der Waals surface area contributed by atoms with Gasteiger partial charge in [-0.15, -0.1) is 0 Å². The monoisotopic (exact) mass is 233 g/mol. The first kappa shape index (κ1) is 13.0. The van der Waals surface area contributed by atoms with Crippen LogP contribution in [-0.2, 0) is 9.84 Å². The van der Waals surface area contributed by atoms with Crippen molar-refractivity contribution in [1.29, 1.82) is 0 Å². The molecule has 1 saturated carbocycles. The third kappa shape index (κ3) is 3.45. The van der Waals surface area contributed by atoms with Crippen LogP contribution in [0.5, 0.6) is 0 Å². The van der Waals surface area contributed by atoms with Gasteiger partial charge in [-0.2, -0.15) is 0 Å². The predicted octanol–water partition coefficient (Wildman–Crippen LogP) is 1.59. The fraction of sp³-hybridized carbons (Fsp3) is 1.00. The highest BCUT2D eigenvalue weighted by Crippen LogP contribution is 2.34. The van der Waals surface area contributed by atoms with Gasteiger partial charge in [0.05, 0.1) is 10.5 Å². The van der Waals surface area contributed by atoms with Gasteiger partial charge >= 0.3 is 0 Å². The molecular weight excluding hydrogens is 210 g/mol. The van der Waals surface area contributed by atoms with Gasteiger partial charge < -0.3 is 5.32 Å². The van der Waals surface area contributed by atoms with Crippen LogP contribution in [0.2, 0.25) is 0 Å². The van der Waals surface area contributed by atoms with Gasteiger partial charge in [0, 0.05) is 6.04 Å². The number of rotatable bonds is 5. The summed E-state index contributed by atoms with van der Waals surface area (Å²) in [6, 6.07) is 0.166. The van der Waals surface area contributed by atoms with Crippen molar-refractivity contribution < 1.29 is 8.42 Å². The van der Waals surface area contributed by atoms with Crippen LogP contribution in [0.25, 0.3) is 0 Å². The van der Waals surface area contributed by atoms with E-state index in [9.17, 15) is 8.42 Å². The van der Waals surface area contributed by atoms with E-state index in [4.69, 9.17) is 0 Å². The minimum atomic E-state index is -2.99. The van der Waals surface area contributed by atoms with Gasteiger partial charge in [-0.3, -0.25) is 0 Å². The van der Waals surface area contributed by atoms with Crippen LogP contribution >= 0.6 is 0 Å². The molecule has 0 aromatic carbocycles. The lowest BCUT2D eigenvalue weighted by Gasteiger charge is -2.24. The number of hydrogen-bond donors (Lipinski definition) is 1. The summed E-state index contributed by atoms with van der Waals surface area (Å²) in [7, 11) is -2.99. The lowest BCUT2D eigenvalue weighted by atomic mass is 10.2. The summed E-state index contributed by atoms with van der Waals surface area (Å²) in [4.78, 5) is 0. The second kappa shape index (κ2) is 4.42. The van der Waals surface area contributed by atoms with Crippen LogP contribution in [0.1, 0.15) is 40.5 Å². The third-order valence-electron chi connectivity index (χ3n) is 2.99. The fourth-order valence-corrected chi connectivity index (χ4v) is 2.97. The molecule has 0 radical (unpaired) electrons. The van der Waals surface area contributed by atoms with Crippen molar-refractivity contribution in [2.75, 3.05) is 12.3 Å². The fourth-order valence-electron chi connectivity index (χ4n) is 1.61. The molecule has 90 valence electrons. The molecule has 1 rings (SSSR count). The first-order valence-electron chi connectivity index (χ1n) is 5.73. The quantitative estimate of drug-likeness (QED) is 0.784. The second-order valence-corrected chi connectivity index (χ2v) is 8.18. The van der Waals surface area contributed by atoms with E-state index in [0.717, 1.165) is 6.54 Å². The zero-order chi connectivity index (χ0) is 11.7. The highest BCUT2D eigenvalue weighted by Gasteiger charge is 2.37. The summed E-state index contributed by atoms with van der Waals surface area (Å²) in [5.74, 6) is 0.872. The number of sulfone groups is 1. The van der Waals surface area contributed by atoms with Gasteiger partial charge in [0.1, 0.15) is 0 Å². The summed E-state index contributed by atoms with van der Waals surface area (Å²) in [6.45, 7) is 8.20. The van der Waals surface area contributed by atoms with Crippen molar-refractivity contribution in [3.63, 3.8) is 0 Å². The minimum absolute atomic E-state index is 0.166. The van der Waals surface area contributed by atoms with Crippen molar-refractivity contribution in [3.05, 3.63) is 0 Å². The van der Waals surface area contributed by atoms with E-state index < -0.39 is 14.6 Å². The Kier molecular flexibility index (Phi) is 3.82. The molecule has 1 aliphatic rings. The van der Waals surface area contributed by atoms with Gasteiger partial charge in [-0.25, -0.2) is 8.42 Å². The van der Waals surface area contributed by atoms with Crippen molar-refractivity contribution in [2.24, 2.45) is 5.92 Å². The summed E-state index contributed by atoms with van der Waals surface area (Å²) >= 11 is 0. The summed E-state index contributed by atoms with van der Waals surface area (Å²) in [6.07, 6.45) is 2.36. The maximum absolute atomic E-state index is 12.0. The Balaban J connectivity index is 2.65. The highest BCUT2D eigenvalue weighted by molar-refractivity contribution is 7.92. The summed E-state index contributed by atoms with van der Waals surface area (Å²) in [5.41, 5.74) is 0. The normalized spacial score (nSPS) is 20.3. The zero-order valence-electron chi connectivity index (χ0n) is 10.2. The molecule has 1 N–H and O–H groups in total. The van der Waals surface area contributed by atoms with Crippen LogP contribution < -0.4 is 5.32 Å². The molecule has 1 unspecified atom stereocenters. The third-order valence-corrected chi connectivity index (χ3v) is 5.65. The molecular formula is C11H23NO2S. The minimum Gasteiger partial charge on any atom is -0.313 e. The molecule has 4 heteroatoms. The topological polar surface area (TPSA) is 46.2 Å². The van der Waals surface area contributed by atoms with Crippen molar-refractivity contribution in [1.82, 2.24) is 5.32 Å². The van der Waals surface area contributed by atoms with Crippen LogP contribution in [0, 0.1) is 5.92 Å². The molecule has 0 heterocycles. The van der Waals surface area contributed by atoms with E-state index in [1.165, 1.54) is 12.8 Å². The van der Waals surface area contributed by atoms with Crippen LogP contribution in [0.15, 0.2) is 0 Å². The van der Waals surface area contributed by atoms with Gasteiger partial charge in [0.2, 0.25) is 0 Å². The lowest BCUT2D eigenvalue weighted by molar-refractivity contribution is 0.492. The molecule has 0 aromatic heterocycles. The van der Waals surface area contributed by atoms with E-state index in [2.05, 4.69) is 5.32 Å². The molecule has 0 spiro atoms. The van der Waals surface area contributed by atoms with Crippen molar-refractivity contribution in [2.45, 2.75) is 51.3 Å². The van der Waals surface area contributed by atoms with Crippen LogP contribution in [0.3, 0.4) is 0 Å². The number of hydrogen-bond acceptors (Lipinski definition) is 3. The maximum atomic E-state index is 12.0. The smallest absolute Gasteiger partial charge is 0.156 e. The average molecular weight is 233 g/mol. The van der Waals surface area contributed by atoms with E-state index in [1.54, 1.807) is 20.8 Å². The van der Waals surface area contributed by atoms with E-state index in [1.807, 2.05) is 6.92 Å². The highest BCUT2D eigenvalue weighted by atomic mass is 32.2. The zero-order valence-corrected chi connectivity index (χ0v) is 11.0.